The van der Waals surface area contributed by atoms with Crippen LogP contribution in [0.4, 0.5) is 8.78 Å². The van der Waals surface area contributed by atoms with Crippen LogP contribution in [0.1, 0.15) is 19.8 Å². The van der Waals surface area contributed by atoms with E-state index in [9.17, 15) is 8.78 Å². The van der Waals surface area contributed by atoms with E-state index in [0.29, 0.717) is 19.1 Å². The second-order valence-electron chi connectivity index (χ2n) is 4.59. The number of halogens is 2. The van der Waals surface area contributed by atoms with Crippen molar-refractivity contribution in [3.8, 4) is 0 Å². The van der Waals surface area contributed by atoms with E-state index < -0.39 is 11.3 Å². The van der Waals surface area contributed by atoms with Gasteiger partial charge in [-0.05, 0) is 6.42 Å². The molecule has 1 aliphatic carbocycles. The van der Waals surface area contributed by atoms with Crippen LogP contribution in [-0.2, 0) is 0 Å². The van der Waals surface area contributed by atoms with E-state index >= 15 is 0 Å². The minimum absolute atomic E-state index is 0.0494. The second-order valence-corrected chi connectivity index (χ2v) is 4.59. The molecule has 0 amide bonds. The van der Waals surface area contributed by atoms with Gasteiger partial charge in [0.25, 0.3) is 5.92 Å². The van der Waals surface area contributed by atoms with E-state index in [1.54, 1.807) is 6.92 Å². The van der Waals surface area contributed by atoms with Crippen LogP contribution >= 0.6 is 0 Å². The van der Waals surface area contributed by atoms with Gasteiger partial charge in [0.2, 0.25) is 0 Å². The highest BCUT2D eigenvalue weighted by atomic mass is 19.3. The number of hydrogen-bond donors (Lipinski definition) is 1. The lowest BCUT2D eigenvalue weighted by molar-refractivity contribution is 0.0182. The van der Waals surface area contributed by atoms with Crippen molar-refractivity contribution >= 4 is 0 Å². The van der Waals surface area contributed by atoms with Crippen molar-refractivity contribution in [2.75, 3.05) is 19.6 Å². The molecule has 1 saturated heterocycles. The van der Waals surface area contributed by atoms with E-state index in [-0.39, 0.29) is 6.42 Å². The SMILES string of the molecule is CC1(CN2CCC2CN)CC1(F)F. The Morgan fingerprint density at radius 3 is 2.46 bits per heavy atom. The van der Waals surface area contributed by atoms with Crippen molar-refractivity contribution in [2.24, 2.45) is 11.1 Å². The largest absolute Gasteiger partial charge is 0.329 e. The number of hydrogen-bond acceptors (Lipinski definition) is 2. The standard InChI is InChI=1S/C9H16F2N2/c1-8(5-9(8,10)11)6-13-3-2-7(13)4-12/h7H,2-6,12H2,1H3. The van der Waals surface area contributed by atoms with Crippen LogP contribution in [0.3, 0.4) is 0 Å². The Labute approximate surface area is 77.1 Å². The fraction of sp³-hybridized carbons (Fsp3) is 1.00. The van der Waals surface area contributed by atoms with Gasteiger partial charge in [0.05, 0.1) is 0 Å². The Morgan fingerprint density at radius 1 is 1.54 bits per heavy atom. The zero-order valence-electron chi connectivity index (χ0n) is 7.89. The minimum atomic E-state index is -2.43. The Hall–Kier alpha value is -0.220. The normalized spacial score (nSPS) is 42.9. The molecule has 1 heterocycles. The first-order valence-electron chi connectivity index (χ1n) is 4.80. The maximum Gasteiger partial charge on any atom is 0.255 e. The zero-order chi connectivity index (χ0) is 9.69. The molecule has 1 saturated carbocycles. The average molecular weight is 190 g/mol. The van der Waals surface area contributed by atoms with Gasteiger partial charge in [0.1, 0.15) is 0 Å². The number of nitrogens with zero attached hydrogens (tertiary/aromatic N) is 1. The van der Waals surface area contributed by atoms with Gasteiger partial charge in [0.15, 0.2) is 0 Å². The quantitative estimate of drug-likeness (QED) is 0.721. The van der Waals surface area contributed by atoms with E-state index in [0.717, 1.165) is 13.0 Å². The van der Waals surface area contributed by atoms with Crippen molar-refractivity contribution < 1.29 is 8.78 Å². The van der Waals surface area contributed by atoms with Crippen LogP contribution < -0.4 is 5.73 Å². The van der Waals surface area contributed by atoms with Crippen LogP contribution in [0, 0.1) is 5.41 Å². The van der Waals surface area contributed by atoms with Gasteiger partial charge in [0, 0.05) is 37.5 Å². The molecular formula is C9H16F2N2. The molecule has 76 valence electrons. The minimum Gasteiger partial charge on any atom is -0.329 e. The molecule has 0 aromatic carbocycles. The molecule has 2 fully saturated rings. The molecule has 2 atom stereocenters. The van der Waals surface area contributed by atoms with Crippen LogP contribution in [-0.4, -0.2) is 36.5 Å². The summed E-state index contributed by atoms with van der Waals surface area (Å²) >= 11 is 0. The number of alkyl halides is 2. The van der Waals surface area contributed by atoms with Crippen LogP contribution in [0.25, 0.3) is 0 Å². The number of likely N-dealkylation sites (tertiary alicyclic amines) is 1. The van der Waals surface area contributed by atoms with E-state index in [2.05, 4.69) is 4.90 Å². The number of rotatable bonds is 3. The Kier molecular flexibility index (Phi) is 1.90. The van der Waals surface area contributed by atoms with Gasteiger partial charge >= 0.3 is 0 Å². The van der Waals surface area contributed by atoms with E-state index in [1.807, 2.05) is 0 Å². The van der Waals surface area contributed by atoms with Crippen molar-refractivity contribution in [3.63, 3.8) is 0 Å². The van der Waals surface area contributed by atoms with Crippen molar-refractivity contribution in [1.29, 1.82) is 0 Å². The van der Waals surface area contributed by atoms with E-state index in [4.69, 9.17) is 5.73 Å². The lowest BCUT2D eigenvalue weighted by Gasteiger charge is -2.42. The maximum absolute atomic E-state index is 12.9. The third-order valence-electron chi connectivity index (χ3n) is 3.46. The van der Waals surface area contributed by atoms with Gasteiger partial charge in [-0.25, -0.2) is 8.78 Å². The highest BCUT2D eigenvalue weighted by Gasteiger charge is 2.68. The zero-order valence-corrected chi connectivity index (χ0v) is 7.89. The fourth-order valence-electron chi connectivity index (χ4n) is 2.03. The summed E-state index contributed by atoms with van der Waals surface area (Å²) in [4.78, 5) is 2.08. The van der Waals surface area contributed by atoms with Gasteiger partial charge < -0.3 is 5.73 Å². The maximum atomic E-state index is 12.9. The third kappa shape index (κ3) is 1.36. The first kappa shape index (κ1) is 9.34. The second kappa shape index (κ2) is 2.64. The highest BCUT2D eigenvalue weighted by molar-refractivity contribution is 5.09. The summed E-state index contributed by atoms with van der Waals surface area (Å²) in [5, 5.41) is 0. The molecule has 0 aromatic heterocycles. The summed E-state index contributed by atoms with van der Waals surface area (Å²) in [5.41, 5.74) is 4.74. The van der Waals surface area contributed by atoms with Crippen molar-refractivity contribution in [2.45, 2.75) is 31.7 Å². The summed E-state index contributed by atoms with van der Waals surface area (Å²) in [6.07, 6.45) is 1.12. The molecule has 0 aromatic rings. The van der Waals surface area contributed by atoms with Gasteiger partial charge in [-0.3, -0.25) is 4.90 Å². The lowest BCUT2D eigenvalue weighted by Crippen LogP contribution is -2.53. The lowest BCUT2D eigenvalue weighted by atomic mass is 9.99. The molecule has 0 radical (unpaired) electrons. The Balaban J connectivity index is 1.86. The summed E-state index contributed by atoms with van der Waals surface area (Å²) < 4.78 is 25.7. The monoisotopic (exact) mass is 190 g/mol. The number of nitrogens with two attached hydrogens (primary N) is 1. The van der Waals surface area contributed by atoms with Gasteiger partial charge in [-0.1, -0.05) is 6.92 Å². The van der Waals surface area contributed by atoms with Crippen LogP contribution in [0.5, 0.6) is 0 Å². The first-order valence-corrected chi connectivity index (χ1v) is 4.80. The molecule has 13 heavy (non-hydrogen) atoms. The Bertz CT molecular complexity index is 218. The first-order chi connectivity index (χ1) is 5.98. The molecular weight excluding hydrogens is 174 g/mol. The third-order valence-corrected chi connectivity index (χ3v) is 3.46. The average Bonchev–Trinajstić information content (AvgIpc) is 2.46. The van der Waals surface area contributed by atoms with Gasteiger partial charge in [-0.2, -0.15) is 0 Å². The smallest absolute Gasteiger partial charge is 0.255 e. The topological polar surface area (TPSA) is 29.3 Å². The Morgan fingerprint density at radius 2 is 2.15 bits per heavy atom. The summed E-state index contributed by atoms with van der Waals surface area (Å²) in [7, 11) is 0. The highest BCUT2D eigenvalue weighted by Crippen LogP contribution is 2.60. The van der Waals surface area contributed by atoms with Gasteiger partial charge in [-0.15, -0.1) is 0 Å². The summed E-state index contributed by atoms with van der Waals surface area (Å²) in [5.74, 6) is -2.43. The van der Waals surface area contributed by atoms with Crippen molar-refractivity contribution in [3.05, 3.63) is 0 Å². The molecule has 2 rings (SSSR count). The van der Waals surface area contributed by atoms with Crippen LogP contribution in [0.2, 0.25) is 0 Å². The fourth-order valence-corrected chi connectivity index (χ4v) is 2.03. The van der Waals surface area contributed by atoms with Crippen molar-refractivity contribution in [1.82, 2.24) is 4.90 Å². The molecule has 2 N–H and O–H groups in total. The van der Waals surface area contributed by atoms with Crippen LogP contribution in [0.15, 0.2) is 0 Å². The molecule has 0 bridgehead atoms. The molecule has 2 aliphatic rings. The predicted octanol–water partition coefficient (Wildman–Crippen LogP) is 1.06. The molecule has 2 nitrogen and oxygen atoms in total. The molecule has 4 heteroatoms. The summed E-state index contributed by atoms with van der Waals surface area (Å²) in [6.45, 7) is 3.72. The molecule has 0 spiro atoms. The summed E-state index contributed by atoms with van der Waals surface area (Å²) in [6, 6.07) is 0.355. The predicted molar refractivity (Wildman–Crippen MR) is 46.7 cm³/mol. The molecule has 2 unspecified atom stereocenters. The van der Waals surface area contributed by atoms with E-state index in [1.165, 1.54) is 0 Å². The molecule has 1 aliphatic heterocycles.